The second-order valence-electron chi connectivity index (χ2n) is 5.22. The molecule has 100 valence electrons. The van der Waals surface area contributed by atoms with Crippen LogP contribution in [0.1, 0.15) is 32.3 Å². The molecule has 1 aromatic rings. The number of nitro benzene ring substituents is 1. The highest BCUT2D eigenvalue weighted by molar-refractivity contribution is 5.61. The average Bonchev–Trinajstić information content (AvgIpc) is 2.87. The molecule has 1 aliphatic heterocycles. The van der Waals surface area contributed by atoms with Crippen LogP contribution in [0.2, 0.25) is 0 Å². The van der Waals surface area contributed by atoms with Gasteiger partial charge in [-0.1, -0.05) is 13.8 Å². The number of nitro groups is 1. The molecule has 1 saturated heterocycles. The van der Waals surface area contributed by atoms with Gasteiger partial charge in [-0.2, -0.15) is 5.26 Å². The van der Waals surface area contributed by atoms with E-state index in [0.29, 0.717) is 12.0 Å². The van der Waals surface area contributed by atoms with Gasteiger partial charge in [-0.3, -0.25) is 10.1 Å². The summed E-state index contributed by atoms with van der Waals surface area (Å²) in [6.07, 6.45) is 2.22. The fraction of sp³-hybridized carbons (Fsp3) is 0.500. The monoisotopic (exact) mass is 259 g/mol. The summed E-state index contributed by atoms with van der Waals surface area (Å²) in [6, 6.07) is 7.18. The van der Waals surface area contributed by atoms with Crippen LogP contribution in [0.15, 0.2) is 18.2 Å². The molecule has 0 aliphatic carbocycles. The van der Waals surface area contributed by atoms with E-state index in [1.807, 2.05) is 12.1 Å². The van der Waals surface area contributed by atoms with E-state index in [-0.39, 0.29) is 11.3 Å². The van der Waals surface area contributed by atoms with Gasteiger partial charge in [0.25, 0.3) is 5.69 Å². The van der Waals surface area contributed by atoms with Gasteiger partial charge < -0.3 is 4.90 Å². The third-order valence-corrected chi connectivity index (χ3v) is 3.70. The van der Waals surface area contributed by atoms with Crippen LogP contribution >= 0.6 is 0 Å². The smallest absolute Gasteiger partial charge is 0.289 e. The number of hydrogen-bond acceptors (Lipinski definition) is 4. The zero-order valence-corrected chi connectivity index (χ0v) is 11.2. The fourth-order valence-corrected chi connectivity index (χ4v) is 2.75. The molecule has 0 N–H and O–H groups in total. The Morgan fingerprint density at radius 3 is 2.84 bits per heavy atom. The van der Waals surface area contributed by atoms with Crippen molar-refractivity contribution >= 4 is 11.4 Å². The largest absolute Gasteiger partial charge is 0.368 e. The van der Waals surface area contributed by atoms with E-state index in [0.717, 1.165) is 25.1 Å². The van der Waals surface area contributed by atoms with Crippen LogP contribution in [0.3, 0.4) is 0 Å². The molecule has 0 spiro atoms. The van der Waals surface area contributed by atoms with Crippen LogP contribution < -0.4 is 4.90 Å². The van der Waals surface area contributed by atoms with Crippen molar-refractivity contribution in [3.05, 3.63) is 33.9 Å². The molecule has 1 fully saturated rings. The first-order valence-electron chi connectivity index (χ1n) is 6.49. The van der Waals surface area contributed by atoms with Crippen LogP contribution in [-0.4, -0.2) is 17.5 Å². The lowest BCUT2D eigenvalue weighted by molar-refractivity contribution is -0.385. The Labute approximate surface area is 112 Å². The van der Waals surface area contributed by atoms with Crippen molar-refractivity contribution in [3.8, 4) is 6.07 Å². The van der Waals surface area contributed by atoms with Crippen molar-refractivity contribution < 1.29 is 4.92 Å². The molecule has 19 heavy (non-hydrogen) atoms. The fourth-order valence-electron chi connectivity index (χ4n) is 2.75. The number of hydrogen-bond donors (Lipinski definition) is 0. The minimum atomic E-state index is -0.484. The second kappa shape index (κ2) is 5.27. The summed E-state index contributed by atoms with van der Waals surface area (Å²) >= 11 is 0. The summed E-state index contributed by atoms with van der Waals surface area (Å²) in [7, 11) is 0. The van der Waals surface area contributed by atoms with Crippen LogP contribution in [0, 0.1) is 27.4 Å². The van der Waals surface area contributed by atoms with Gasteiger partial charge in [0, 0.05) is 24.3 Å². The minimum Gasteiger partial charge on any atom is -0.368 e. The SMILES string of the molecule is CC(C)C1CCCN1c1ccc(C#N)c([N+](=O)[O-])c1. The van der Waals surface area contributed by atoms with Crippen LogP contribution in [0.4, 0.5) is 11.4 Å². The molecule has 2 rings (SSSR count). The Morgan fingerprint density at radius 2 is 2.26 bits per heavy atom. The lowest BCUT2D eigenvalue weighted by Gasteiger charge is -2.29. The van der Waals surface area contributed by atoms with Crippen molar-refractivity contribution in [1.29, 1.82) is 5.26 Å². The van der Waals surface area contributed by atoms with Crippen molar-refractivity contribution in [2.45, 2.75) is 32.7 Å². The van der Waals surface area contributed by atoms with Crippen LogP contribution in [-0.2, 0) is 0 Å². The predicted octanol–water partition coefficient (Wildman–Crippen LogP) is 3.09. The molecular weight excluding hydrogens is 242 g/mol. The van der Waals surface area contributed by atoms with Crippen molar-refractivity contribution in [2.75, 3.05) is 11.4 Å². The maximum Gasteiger partial charge on any atom is 0.289 e. The Morgan fingerprint density at radius 1 is 1.53 bits per heavy atom. The van der Waals surface area contributed by atoms with Gasteiger partial charge in [0.05, 0.1) is 4.92 Å². The molecule has 0 amide bonds. The first-order valence-corrected chi connectivity index (χ1v) is 6.49. The predicted molar refractivity (Wildman–Crippen MR) is 73.0 cm³/mol. The highest BCUT2D eigenvalue weighted by atomic mass is 16.6. The van der Waals surface area contributed by atoms with Crippen molar-refractivity contribution in [3.63, 3.8) is 0 Å². The normalized spacial score (nSPS) is 18.6. The van der Waals surface area contributed by atoms with Crippen LogP contribution in [0.25, 0.3) is 0 Å². The lowest BCUT2D eigenvalue weighted by Crippen LogP contribution is -2.33. The number of nitriles is 1. The molecule has 0 bridgehead atoms. The Kier molecular flexibility index (Phi) is 3.70. The molecular formula is C14H17N3O2. The Balaban J connectivity index is 2.38. The number of rotatable bonds is 3. The van der Waals surface area contributed by atoms with Crippen molar-refractivity contribution in [2.24, 2.45) is 5.92 Å². The maximum atomic E-state index is 11.0. The molecule has 1 unspecified atom stereocenters. The zero-order chi connectivity index (χ0) is 14.0. The summed E-state index contributed by atoms with van der Waals surface area (Å²) < 4.78 is 0. The van der Waals surface area contributed by atoms with E-state index in [9.17, 15) is 10.1 Å². The molecule has 1 aliphatic rings. The van der Waals surface area contributed by atoms with E-state index in [1.165, 1.54) is 6.07 Å². The molecule has 0 saturated carbocycles. The van der Waals surface area contributed by atoms with Gasteiger partial charge in [0.1, 0.15) is 11.6 Å². The molecule has 5 nitrogen and oxygen atoms in total. The Bertz CT molecular complexity index is 534. The topological polar surface area (TPSA) is 70.2 Å². The average molecular weight is 259 g/mol. The summed E-state index contributed by atoms with van der Waals surface area (Å²) in [5.41, 5.74) is 0.866. The van der Waals surface area contributed by atoms with E-state index < -0.39 is 4.92 Å². The summed E-state index contributed by atoms with van der Waals surface area (Å²) in [4.78, 5) is 12.7. The first kappa shape index (κ1) is 13.3. The highest BCUT2D eigenvalue weighted by Crippen LogP contribution is 2.32. The number of anilines is 1. The first-order chi connectivity index (χ1) is 9.04. The Hall–Kier alpha value is -2.09. The molecule has 5 heteroatoms. The van der Waals surface area contributed by atoms with Crippen molar-refractivity contribution in [1.82, 2.24) is 0 Å². The summed E-state index contributed by atoms with van der Waals surface area (Å²) in [6.45, 7) is 5.26. The van der Waals surface area contributed by atoms with Gasteiger partial charge in [-0.25, -0.2) is 0 Å². The van der Waals surface area contributed by atoms with Gasteiger partial charge in [0.15, 0.2) is 0 Å². The standard InChI is InChI=1S/C14H17N3O2/c1-10(2)13-4-3-7-16(13)12-6-5-11(9-15)14(8-12)17(18)19/h5-6,8,10,13H,3-4,7H2,1-2H3. The third kappa shape index (κ3) is 2.53. The molecule has 0 radical (unpaired) electrons. The van der Waals surface area contributed by atoms with E-state index in [1.54, 1.807) is 6.07 Å². The maximum absolute atomic E-state index is 11.0. The van der Waals surface area contributed by atoms with Gasteiger partial charge in [-0.15, -0.1) is 0 Å². The van der Waals surface area contributed by atoms with E-state index >= 15 is 0 Å². The van der Waals surface area contributed by atoms with Gasteiger partial charge in [0.2, 0.25) is 0 Å². The van der Waals surface area contributed by atoms with Crippen LogP contribution in [0.5, 0.6) is 0 Å². The molecule has 0 aromatic heterocycles. The minimum absolute atomic E-state index is 0.102. The summed E-state index contributed by atoms with van der Waals surface area (Å²) in [5.74, 6) is 0.511. The third-order valence-electron chi connectivity index (χ3n) is 3.70. The molecule has 1 heterocycles. The van der Waals surface area contributed by atoms with Gasteiger partial charge in [-0.05, 0) is 30.9 Å². The summed E-state index contributed by atoms with van der Waals surface area (Å²) in [5, 5.41) is 19.9. The number of nitrogens with zero attached hydrogens (tertiary/aromatic N) is 3. The lowest BCUT2D eigenvalue weighted by atomic mass is 10.0. The zero-order valence-electron chi connectivity index (χ0n) is 11.2. The second-order valence-corrected chi connectivity index (χ2v) is 5.22. The van der Waals surface area contributed by atoms with Gasteiger partial charge >= 0.3 is 0 Å². The van der Waals surface area contributed by atoms with E-state index in [4.69, 9.17) is 5.26 Å². The molecule has 1 aromatic carbocycles. The quantitative estimate of drug-likeness (QED) is 0.617. The number of benzene rings is 1. The van der Waals surface area contributed by atoms with E-state index in [2.05, 4.69) is 18.7 Å². The molecule has 1 atom stereocenters. The highest BCUT2D eigenvalue weighted by Gasteiger charge is 2.28.